The van der Waals surface area contributed by atoms with E-state index in [1.807, 2.05) is 26.0 Å². The molecule has 2 aliphatic rings. The van der Waals surface area contributed by atoms with E-state index in [9.17, 15) is 19.5 Å². The summed E-state index contributed by atoms with van der Waals surface area (Å²) in [4.78, 5) is 35.0. The van der Waals surface area contributed by atoms with Crippen LogP contribution in [0.3, 0.4) is 0 Å². The summed E-state index contributed by atoms with van der Waals surface area (Å²) < 4.78 is 22.0. The smallest absolute Gasteiger partial charge is 0.308 e. The van der Waals surface area contributed by atoms with Gasteiger partial charge in [-0.3, -0.25) is 14.4 Å². The highest BCUT2D eigenvalue weighted by molar-refractivity contribution is 6.18. The van der Waals surface area contributed by atoms with Gasteiger partial charge < -0.3 is 29.4 Å². The lowest BCUT2D eigenvalue weighted by Gasteiger charge is -2.39. The zero-order chi connectivity index (χ0) is 29.2. The maximum absolute atomic E-state index is 12.3. The van der Waals surface area contributed by atoms with Crippen molar-refractivity contribution < 1.29 is 38.4 Å². The van der Waals surface area contributed by atoms with Crippen molar-refractivity contribution in [1.29, 1.82) is 0 Å². The van der Waals surface area contributed by atoms with Crippen LogP contribution in [0.15, 0.2) is 36.0 Å². The summed E-state index contributed by atoms with van der Waals surface area (Å²) in [5.41, 5.74) is -0.0800. The molecule has 2 N–H and O–H groups in total. The number of alkyl halides is 1. The molecule has 0 spiro atoms. The number of ether oxygens (including phenoxy) is 4. The third-order valence-corrected chi connectivity index (χ3v) is 7.58. The second-order valence-electron chi connectivity index (χ2n) is 10.8. The Hall–Kier alpha value is -2.20. The number of halogens is 1. The predicted molar refractivity (Wildman–Crippen MR) is 148 cm³/mol. The Morgan fingerprint density at radius 1 is 1.18 bits per heavy atom. The lowest BCUT2D eigenvalue weighted by atomic mass is 9.87. The largest absolute Gasteiger partial charge is 0.469 e. The van der Waals surface area contributed by atoms with Gasteiger partial charge >= 0.3 is 11.9 Å². The maximum Gasteiger partial charge on any atom is 0.308 e. The Bertz CT molecular complexity index is 934. The Labute approximate surface area is 236 Å². The van der Waals surface area contributed by atoms with Crippen molar-refractivity contribution in [3.63, 3.8) is 0 Å². The van der Waals surface area contributed by atoms with E-state index in [2.05, 4.69) is 18.3 Å². The van der Waals surface area contributed by atoms with Crippen LogP contribution in [0.1, 0.15) is 66.7 Å². The minimum Gasteiger partial charge on any atom is -0.469 e. The van der Waals surface area contributed by atoms with Crippen LogP contribution in [-0.2, 0) is 33.3 Å². The van der Waals surface area contributed by atoms with Crippen LogP contribution in [0.4, 0.5) is 0 Å². The molecular weight excluding hydrogens is 526 g/mol. The summed E-state index contributed by atoms with van der Waals surface area (Å²) in [5.74, 6) is -0.746. The highest BCUT2D eigenvalue weighted by Gasteiger charge is 2.39. The predicted octanol–water partition coefficient (Wildman–Crippen LogP) is 3.77. The van der Waals surface area contributed by atoms with Gasteiger partial charge in [0.25, 0.3) is 0 Å². The monoisotopic (exact) mass is 569 g/mol. The number of rotatable bonds is 11. The summed E-state index contributed by atoms with van der Waals surface area (Å²) in [6.45, 7) is 9.07. The average molecular weight is 570 g/mol. The van der Waals surface area contributed by atoms with E-state index in [0.29, 0.717) is 12.8 Å². The third kappa shape index (κ3) is 11.4. The van der Waals surface area contributed by atoms with E-state index in [0.717, 1.165) is 12.0 Å². The number of nitrogens with one attached hydrogen (secondary N) is 1. The SMILES string of the molecule is COC(=O)C[C@@H]1C[C@@](O)(CCl)C[C@@H](/C=C/C(C)=C/C[C@@H]2O[C@H](C)[C@H](NC(=O)/C=C\[C@H](C)OC(C)=O)C[C@@H]2C)O1. The summed E-state index contributed by atoms with van der Waals surface area (Å²) in [6, 6.07) is -0.121. The molecule has 0 unspecified atom stereocenters. The van der Waals surface area contributed by atoms with Gasteiger partial charge in [0.15, 0.2) is 0 Å². The van der Waals surface area contributed by atoms with Crippen molar-refractivity contribution in [2.75, 3.05) is 13.0 Å². The summed E-state index contributed by atoms with van der Waals surface area (Å²) in [5, 5.41) is 13.8. The number of aliphatic hydroxyl groups is 1. The number of hydrogen-bond acceptors (Lipinski definition) is 8. The number of carbonyl (C=O) groups excluding carboxylic acids is 3. The summed E-state index contributed by atoms with van der Waals surface area (Å²) >= 11 is 6.02. The molecule has 0 saturated carbocycles. The number of allylic oxidation sites excluding steroid dienone is 2. The van der Waals surface area contributed by atoms with Crippen LogP contribution >= 0.6 is 11.6 Å². The minimum atomic E-state index is -1.10. The van der Waals surface area contributed by atoms with Gasteiger partial charge in [0.1, 0.15) is 6.10 Å². The molecule has 0 aliphatic carbocycles. The van der Waals surface area contributed by atoms with Crippen molar-refractivity contribution in [3.05, 3.63) is 36.0 Å². The molecule has 0 aromatic rings. The molecule has 0 aromatic carbocycles. The quantitative estimate of drug-likeness (QED) is 0.167. The van der Waals surface area contributed by atoms with Gasteiger partial charge in [-0.05, 0) is 45.6 Å². The van der Waals surface area contributed by atoms with Crippen molar-refractivity contribution in [2.45, 2.75) is 109 Å². The van der Waals surface area contributed by atoms with Crippen LogP contribution in [0.25, 0.3) is 0 Å². The number of amides is 1. The molecule has 0 bridgehead atoms. The molecule has 8 atom stereocenters. The van der Waals surface area contributed by atoms with Crippen LogP contribution < -0.4 is 5.32 Å². The Balaban J connectivity index is 1.89. The molecule has 220 valence electrons. The van der Waals surface area contributed by atoms with E-state index in [-0.39, 0.29) is 60.9 Å². The Morgan fingerprint density at radius 2 is 1.90 bits per heavy atom. The van der Waals surface area contributed by atoms with Gasteiger partial charge in [0.2, 0.25) is 5.91 Å². The fraction of sp³-hybridized carbons (Fsp3) is 0.690. The van der Waals surface area contributed by atoms with Crippen molar-refractivity contribution in [2.24, 2.45) is 5.92 Å². The van der Waals surface area contributed by atoms with E-state index < -0.39 is 23.8 Å². The van der Waals surface area contributed by atoms with Crippen molar-refractivity contribution in [3.8, 4) is 0 Å². The fourth-order valence-corrected chi connectivity index (χ4v) is 5.15. The summed E-state index contributed by atoms with van der Waals surface area (Å²) in [7, 11) is 1.33. The van der Waals surface area contributed by atoms with Gasteiger partial charge in [0.05, 0.1) is 55.5 Å². The molecular formula is C29H44ClNO8. The van der Waals surface area contributed by atoms with Crippen LogP contribution in [0.5, 0.6) is 0 Å². The first-order valence-electron chi connectivity index (χ1n) is 13.5. The third-order valence-electron chi connectivity index (χ3n) is 7.09. The molecule has 39 heavy (non-hydrogen) atoms. The van der Waals surface area contributed by atoms with Crippen LogP contribution in [0, 0.1) is 5.92 Å². The molecule has 2 aliphatic heterocycles. The number of methoxy groups -OCH3 is 1. The number of esters is 2. The van der Waals surface area contributed by atoms with Crippen LogP contribution in [0.2, 0.25) is 0 Å². The number of carbonyl (C=O) groups is 3. The lowest BCUT2D eigenvalue weighted by molar-refractivity contribution is -0.153. The molecule has 2 rings (SSSR count). The second kappa shape index (κ2) is 15.6. The first-order chi connectivity index (χ1) is 18.3. The first-order valence-corrected chi connectivity index (χ1v) is 14.0. The van der Waals surface area contributed by atoms with E-state index >= 15 is 0 Å². The Kier molecular flexibility index (Phi) is 13.2. The van der Waals surface area contributed by atoms with Gasteiger partial charge in [0, 0.05) is 25.8 Å². The molecule has 0 radical (unpaired) electrons. The molecule has 10 heteroatoms. The molecule has 0 aromatic heterocycles. The van der Waals surface area contributed by atoms with E-state index in [1.165, 1.54) is 20.1 Å². The Morgan fingerprint density at radius 3 is 2.54 bits per heavy atom. The summed E-state index contributed by atoms with van der Waals surface area (Å²) in [6.07, 6.45) is 9.60. The zero-order valence-corrected chi connectivity index (χ0v) is 24.6. The fourth-order valence-electron chi connectivity index (χ4n) is 4.93. The highest BCUT2D eigenvalue weighted by atomic mass is 35.5. The maximum atomic E-state index is 12.3. The van der Waals surface area contributed by atoms with E-state index in [1.54, 1.807) is 13.0 Å². The molecule has 2 heterocycles. The minimum absolute atomic E-state index is 0.00717. The molecule has 1 amide bonds. The van der Waals surface area contributed by atoms with Gasteiger partial charge in [-0.1, -0.05) is 30.7 Å². The van der Waals surface area contributed by atoms with Crippen LogP contribution in [-0.4, -0.2) is 78.1 Å². The average Bonchev–Trinajstić information content (AvgIpc) is 2.86. The topological polar surface area (TPSA) is 120 Å². The van der Waals surface area contributed by atoms with Gasteiger partial charge in [-0.15, -0.1) is 11.6 Å². The lowest BCUT2D eigenvalue weighted by Crippen LogP contribution is -2.50. The van der Waals surface area contributed by atoms with Gasteiger partial charge in [-0.25, -0.2) is 0 Å². The van der Waals surface area contributed by atoms with Crippen molar-refractivity contribution >= 4 is 29.4 Å². The first kappa shape index (κ1) is 33.0. The molecule has 2 saturated heterocycles. The number of hydrogen-bond donors (Lipinski definition) is 2. The normalized spacial score (nSPS) is 32.7. The highest BCUT2D eigenvalue weighted by Crippen LogP contribution is 2.33. The zero-order valence-electron chi connectivity index (χ0n) is 23.9. The second-order valence-corrected chi connectivity index (χ2v) is 11.0. The van der Waals surface area contributed by atoms with Gasteiger partial charge in [-0.2, -0.15) is 0 Å². The molecule has 2 fully saturated rings. The van der Waals surface area contributed by atoms with Crippen molar-refractivity contribution in [1.82, 2.24) is 5.32 Å². The standard InChI is InChI=1S/C29H44ClNO8/c1-18(7-10-23-15-29(35,17-30)16-24(39-23)14-28(34)36-6)8-11-26-19(2)13-25(21(4)38-26)31-27(33)12-9-20(3)37-22(5)32/h7-10,12,19-21,23-26,35H,11,13-17H2,1-6H3,(H,31,33)/b10-7+,12-9-,18-8+/t19-,20-,21+,23+,24+,25+,26-,29+/m0/s1. The molecule has 9 nitrogen and oxygen atoms in total. The van der Waals surface area contributed by atoms with E-state index in [4.69, 9.17) is 30.5 Å².